The first kappa shape index (κ1) is 32.3. The standard InChI is InChI=1S/C45H48N4O/c1-27(2)29-20-30(42-47-44(7,8)26-50-42)22-32(21-29)48-38-14-12-11-13-35(38)45(9,10)36-24-34-33-19-28(3)15-16-37(33)49(39(34)25-40(36)48)41-23-31(17-18-46-41)43(4,5)6/h11-25,27H,26H2,1-10H3. The molecule has 2 aliphatic heterocycles. The van der Waals surface area contributed by atoms with Crippen molar-refractivity contribution in [3.63, 3.8) is 0 Å². The lowest BCUT2D eigenvalue weighted by Crippen LogP contribution is -2.30. The Hall–Kier alpha value is -4.90. The predicted molar refractivity (Wildman–Crippen MR) is 209 cm³/mol. The zero-order valence-corrected chi connectivity index (χ0v) is 31.1. The summed E-state index contributed by atoms with van der Waals surface area (Å²) in [5, 5.41) is 2.49. The van der Waals surface area contributed by atoms with Crippen molar-refractivity contribution in [3.05, 3.63) is 125 Å². The number of aromatic nitrogens is 2. The number of hydrogen-bond acceptors (Lipinski definition) is 4. The summed E-state index contributed by atoms with van der Waals surface area (Å²) in [7, 11) is 0. The Morgan fingerprint density at radius 3 is 2.26 bits per heavy atom. The molecule has 0 unspecified atom stereocenters. The Balaban J connectivity index is 1.46. The first-order chi connectivity index (χ1) is 23.6. The van der Waals surface area contributed by atoms with Crippen molar-refractivity contribution >= 4 is 44.8 Å². The van der Waals surface area contributed by atoms with Gasteiger partial charge < -0.3 is 9.64 Å². The quantitative estimate of drug-likeness (QED) is 0.189. The highest BCUT2D eigenvalue weighted by atomic mass is 16.5. The fraction of sp³-hybridized carbons (Fsp3) is 0.333. The second-order valence-corrected chi connectivity index (χ2v) is 16.9. The molecule has 6 aromatic rings. The van der Waals surface area contributed by atoms with Crippen molar-refractivity contribution in [2.24, 2.45) is 4.99 Å². The topological polar surface area (TPSA) is 42.7 Å². The van der Waals surface area contributed by atoms with Gasteiger partial charge in [-0.2, -0.15) is 0 Å². The highest BCUT2D eigenvalue weighted by molar-refractivity contribution is 6.11. The van der Waals surface area contributed by atoms with Gasteiger partial charge >= 0.3 is 0 Å². The maximum atomic E-state index is 6.22. The fourth-order valence-electron chi connectivity index (χ4n) is 7.81. The average Bonchev–Trinajstić information content (AvgIpc) is 3.59. The minimum atomic E-state index is -0.243. The van der Waals surface area contributed by atoms with E-state index in [4.69, 9.17) is 14.7 Å². The molecule has 4 aromatic carbocycles. The van der Waals surface area contributed by atoms with Gasteiger partial charge in [-0.3, -0.25) is 4.57 Å². The Bertz CT molecular complexity index is 2370. The second-order valence-electron chi connectivity index (χ2n) is 16.9. The molecule has 2 aromatic heterocycles. The molecule has 0 spiro atoms. The van der Waals surface area contributed by atoms with Gasteiger partial charge in [0.2, 0.25) is 5.90 Å². The lowest BCUT2D eigenvalue weighted by molar-refractivity contribution is 0.279. The summed E-state index contributed by atoms with van der Waals surface area (Å²) >= 11 is 0. The third kappa shape index (κ3) is 5.12. The van der Waals surface area contributed by atoms with Crippen molar-refractivity contribution in [3.8, 4) is 5.82 Å². The molecule has 0 saturated heterocycles. The molecule has 2 aliphatic rings. The van der Waals surface area contributed by atoms with Gasteiger partial charge in [0.05, 0.1) is 27.9 Å². The van der Waals surface area contributed by atoms with E-state index in [0.717, 1.165) is 34.0 Å². The number of hydrogen-bond donors (Lipinski definition) is 0. The predicted octanol–water partition coefficient (Wildman–Crippen LogP) is 11.6. The minimum absolute atomic E-state index is 0.00157. The summed E-state index contributed by atoms with van der Waals surface area (Å²) < 4.78 is 8.59. The molecule has 254 valence electrons. The van der Waals surface area contributed by atoms with Crippen LogP contribution >= 0.6 is 0 Å². The van der Waals surface area contributed by atoms with Crippen LogP contribution in [0.3, 0.4) is 0 Å². The van der Waals surface area contributed by atoms with E-state index in [9.17, 15) is 0 Å². The van der Waals surface area contributed by atoms with E-state index in [-0.39, 0.29) is 16.4 Å². The van der Waals surface area contributed by atoms with E-state index >= 15 is 0 Å². The molecule has 0 amide bonds. The molecule has 0 radical (unpaired) electrons. The van der Waals surface area contributed by atoms with Crippen LogP contribution in [-0.2, 0) is 15.6 Å². The van der Waals surface area contributed by atoms with Gasteiger partial charge in [-0.1, -0.05) is 78.3 Å². The summed E-state index contributed by atoms with van der Waals surface area (Å²) in [4.78, 5) is 12.5. The van der Waals surface area contributed by atoms with Crippen LogP contribution in [0.25, 0.3) is 27.6 Å². The summed E-state index contributed by atoms with van der Waals surface area (Å²) in [5.74, 6) is 1.99. The van der Waals surface area contributed by atoms with Crippen molar-refractivity contribution in [1.29, 1.82) is 0 Å². The van der Waals surface area contributed by atoms with Crippen molar-refractivity contribution in [2.45, 2.75) is 91.5 Å². The third-order valence-corrected chi connectivity index (χ3v) is 10.7. The van der Waals surface area contributed by atoms with Crippen LogP contribution in [-0.4, -0.2) is 27.6 Å². The van der Waals surface area contributed by atoms with Gasteiger partial charge in [0.1, 0.15) is 12.4 Å². The van der Waals surface area contributed by atoms with E-state index in [0.29, 0.717) is 12.5 Å². The van der Waals surface area contributed by atoms with Gasteiger partial charge in [0.15, 0.2) is 0 Å². The van der Waals surface area contributed by atoms with Crippen LogP contribution in [0.2, 0.25) is 0 Å². The number of ether oxygens (including phenoxy) is 1. The smallest absolute Gasteiger partial charge is 0.216 e. The van der Waals surface area contributed by atoms with Crippen molar-refractivity contribution in [1.82, 2.24) is 9.55 Å². The maximum absolute atomic E-state index is 6.22. The molecule has 0 atom stereocenters. The van der Waals surface area contributed by atoms with Crippen LogP contribution < -0.4 is 4.90 Å². The molecular weight excluding hydrogens is 613 g/mol. The van der Waals surface area contributed by atoms with Gasteiger partial charge in [-0.15, -0.1) is 0 Å². The lowest BCUT2D eigenvalue weighted by atomic mass is 9.73. The van der Waals surface area contributed by atoms with E-state index in [2.05, 4.69) is 164 Å². The van der Waals surface area contributed by atoms with Gasteiger partial charge in [0, 0.05) is 33.6 Å². The molecule has 5 heteroatoms. The molecule has 0 saturated carbocycles. The Morgan fingerprint density at radius 2 is 1.54 bits per heavy atom. The van der Waals surface area contributed by atoms with E-state index in [1.165, 1.54) is 50.0 Å². The highest BCUT2D eigenvalue weighted by Gasteiger charge is 2.38. The molecule has 8 rings (SSSR count). The fourth-order valence-corrected chi connectivity index (χ4v) is 7.81. The maximum Gasteiger partial charge on any atom is 0.216 e. The number of fused-ring (bicyclic) bond motifs is 5. The number of benzene rings is 4. The number of para-hydroxylation sites is 1. The van der Waals surface area contributed by atoms with Gasteiger partial charge in [-0.25, -0.2) is 9.98 Å². The molecule has 0 fully saturated rings. The minimum Gasteiger partial charge on any atom is -0.475 e. The number of nitrogens with zero attached hydrogens (tertiary/aromatic N) is 4. The first-order valence-corrected chi connectivity index (χ1v) is 18.0. The van der Waals surface area contributed by atoms with Crippen LogP contribution in [0.5, 0.6) is 0 Å². The SMILES string of the molecule is Cc1ccc2c(c1)c1cc3c(cc1n2-c1cc(C(C)(C)C)ccn1)N(c1cc(C2=NC(C)(C)CO2)cc(C(C)C)c1)c1ccccc1C3(C)C. The van der Waals surface area contributed by atoms with Crippen LogP contribution in [0.15, 0.2) is 96.1 Å². The van der Waals surface area contributed by atoms with Crippen LogP contribution in [0.1, 0.15) is 102 Å². The average molecular weight is 661 g/mol. The summed E-state index contributed by atoms with van der Waals surface area (Å²) in [6.45, 7) is 23.1. The van der Waals surface area contributed by atoms with E-state index < -0.39 is 0 Å². The molecule has 50 heavy (non-hydrogen) atoms. The molecule has 5 nitrogen and oxygen atoms in total. The van der Waals surface area contributed by atoms with E-state index in [1.807, 2.05) is 6.20 Å². The molecule has 0 aliphatic carbocycles. The second kappa shape index (κ2) is 11.1. The van der Waals surface area contributed by atoms with E-state index in [1.54, 1.807) is 0 Å². The van der Waals surface area contributed by atoms with Crippen molar-refractivity contribution in [2.75, 3.05) is 11.5 Å². The lowest BCUT2D eigenvalue weighted by Gasteiger charge is -2.42. The first-order valence-electron chi connectivity index (χ1n) is 18.0. The van der Waals surface area contributed by atoms with Gasteiger partial charge in [0.25, 0.3) is 0 Å². The third-order valence-electron chi connectivity index (χ3n) is 10.7. The van der Waals surface area contributed by atoms with Crippen LogP contribution in [0, 0.1) is 6.92 Å². The van der Waals surface area contributed by atoms with Crippen molar-refractivity contribution < 1.29 is 4.74 Å². The number of anilines is 3. The Labute approximate surface area is 296 Å². The Kier molecular flexibility index (Phi) is 7.14. The zero-order chi connectivity index (χ0) is 35.3. The summed E-state index contributed by atoms with van der Waals surface area (Å²) in [6, 6.07) is 31.9. The Morgan fingerprint density at radius 1 is 0.780 bits per heavy atom. The highest BCUT2D eigenvalue weighted by Crippen LogP contribution is 2.54. The number of aryl methyl sites for hydroxylation is 1. The largest absolute Gasteiger partial charge is 0.475 e. The molecule has 0 N–H and O–H groups in total. The number of pyridine rings is 1. The molecular formula is C45H48N4O. The zero-order valence-electron chi connectivity index (χ0n) is 31.1. The van der Waals surface area contributed by atoms with Crippen LogP contribution in [0.4, 0.5) is 17.1 Å². The number of aliphatic imine (C=N–C) groups is 1. The molecule has 4 heterocycles. The molecule has 0 bridgehead atoms. The van der Waals surface area contributed by atoms with Gasteiger partial charge in [-0.05, 0) is 115 Å². The normalized spacial score (nSPS) is 16.5. The summed E-state index contributed by atoms with van der Waals surface area (Å²) in [5.41, 5.74) is 12.7. The summed E-state index contributed by atoms with van der Waals surface area (Å²) in [6.07, 6.45) is 1.96. The number of rotatable bonds is 4. The monoisotopic (exact) mass is 660 g/mol.